The number of rotatable bonds is 5. The Bertz CT molecular complexity index is 575. The summed E-state index contributed by atoms with van der Waals surface area (Å²) in [4.78, 5) is 23.2. The number of H-pyrrole nitrogens is 1. The molecule has 2 heterocycles. The topological polar surface area (TPSA) is 70.7 Å². The minimum Gasteiger partial charge on any atom is -0.313 e. The van der Waals surface area contributed by atoms with Crippen LogP contribution in [-0.2, 0) is 13.0 Å². The van der Waals surface area contributed by atoms with E-state index in [1.165, 1.54) is 0 Å². The Morgan fingerprint density at radius 3 is 2.94 bits per heavy atom. The lowest BCUT2D eigenvalue weighted by molar-refractivity contribution is 0.712. The van der Waals surface area contributed by atoms with Crippen molar-refractivity contribution in [3.05, 3.63) is 44.0 Å². The van der Waals surface area contributed by atoms with E-state index in [1.807, 2.05) is 19.2 Å². The highest BCUT2D eigenvalue weighted by molar-refractivity contribution is 7.09. The number of aromatic nitrogens is 3. The van der Waals surface area contributed by atoms with E-state index >= 15 is 0 Å². The molecule has 0 bridgehead atoms. The van der Waals surface area contributed by atoms with Gasteiger partial charge in [0, 0.05) is 30.1 Å². The lowest BCUT2D eigenvalue weighted by Gasteiger charge is -2.02. The first kappa shape index (κ1) is 12.9. The molecule has 0 unspecified atom stereocenters. The third-order valence-corrected chi connectivity index (χ3v) is 3.33. The first-order chi connectivity index (χ1) is 8.69. The van der Waals surface area contributed by atoms with Gasteiger partial charge in [-0.3, -0.25) is 4.79 Å². The Morgan fingerprint density at radius 1 is 1.50 bits per heavy atom. The molecular formula is C12H16N4OS. The molecule has 0 spiro atoms. The Balaban J connectivity index is 2.11. The van der Waals surface area contributed by atoms with Gasteiger partial charge < -0.3 is 10.3 Å². The van der Waals surface area contributed by atoms with Crippen molar-refractivity contribution in [1.29, 1.82) is 0 Å². The van der Waals surface area contributed by atoms with Crippen LogP contribution in [0.4, 0.5) is 0 Å². The van der Waals surface area contributed by atoms with Crippen molar-refractivity contribution in [3.8, 4) is 0 Å². The first-order valence-corrected chi connectivity index (χ1v) is 6.75. The van der Waals surface area contributed by atoms with E-state index in [1.54, 1.807) is 17.5 Å². The van der Waals surface area contributed by atoms with E-state index in [2.05, 4.69) is 20.3 Å². The van der Waals surface area contributed by atoms with Crippen molar-refractivity contribution < 1.29 is 0 Å². The Morgan fingerprint density at radius 2 is 2.33 bits per heavy atom. The van der Waals surface area contributed by atoms with Crippen molar-refractivity contribution in [2.24, 2.45) is 0 Å². The monoisotopic (exact) mass is 264 g/mol. The average Bonchev–Trinajstić information content (AvgIpc) is 2.74. The minimum absolute atomic E-state index is 0.0760. The molecule has 18 heavy (non-hydrogen) atoms. The number of hydrogen-bond donors (Lipinski definition) is 2. The van der Waals surface area contributed by atoms with Crippen molar-refractivity contribution in [1.82, 2.24) is 20.3 Å². The standard InChI is InChI=1S/C12H16N4OS/c1-3-13-5-9-6-14-11(16-12(9)17)4-10-7-18-8(2)15-10/h6-7,13H,3-5H2,1-2H3,(H,14,16,17). The van der Waals surface area contributed by atoms with Crippen LogP contribution in [0.5, 0.6) is 0 Å². The summed E-state index contributed by atoms with van der Waals surface area (Å²) in [6.07, 6.45) is 2.21. The lowest BCUT2D eigenvalue weighted by atomic mass is 10.3. The Kier molecular flexibility index (Phi) is 4.22. The smallest absolute Gasteiger partial charge is 0.255 e. The molecule has 2 rings (SSSR count). The van der Waals surface area contributed by atoms with Crippen LogP contribution in [0.2, 0.25) is 0 Å². The van der Waals surface area contributed by atoms with Crippen molar-refractivity contribution >= 4 is 11.3 Å². The summed E-state index contributed by atoms with van der Waals surface area (Å²) in [7, 11) is 0. The molecule has 2 aromatic heterocycles. The Labute approximate surface area is 109 Å². The molecule has 0 aliphatic heterocycles. The van der Waals surface area contributed by atoms with Crippen LogP contribution in [0.15, 0.2) is 16.4 Å². The van der Waals surface area contributed by atoms with Crippen LogP contribution >= 0.6 is 11.3 Å². The molecule has 0 amide bonds. The third kappa shape index (κ3) is 3.24. The predicted octanol–water partition coefficient (Wildman–Crippen LogP) is 1.24. The van der Waals surface area contributed by atoms with Crippen LogP contribution in [0, 0.1) is 6.92 Å². The molecule has 0 aliphatic carbocycles. The number of aromatic amines is 1. The molecule has 0 fully saturated rings. The van der Waals surface area contributed by atoms with Gasteiger partial charge in [0.1, 0.15) is 5.82 Å². The van der Waals surface area contributed by atoms with Crippen molar-refractivity contribution in [2.45, 2.75) is 26.8 Å². The summed E-state index contributed by atoms with van der Waals surface area (Å²) in [5.74, 6) is 0.658. The highest BCUT2D eigenvalue weighted by Gasteiger charge is 2.05. The van der Waals surface area contributed by atoms with Gasteiger partial charge in [0.15, 0.2) is 0 Å². The van der Waals surface area contributed by atoms with Crippen LogP contribution in [-0.4, -0.2) is 21.5 Å². The number of aryl methyl sites for hydroxylation is 1. The second-order valence-electron chi connectivity index (χ2n) is 4.00. The maximum Gasteiger partial charge on any atom is 0.255 e. The van der Waals surface area contributed by atoms with Crippen LogP contribution < -0.4 is 10.9 Å². The molecule has 6 heteroatoms. The molecule has 0 saturated carbocycles. The molecule has 96 valence electrons. The van der Waals surface area contributed by atoms with Gasteiger partial charge in [-0.05, 0) is 13.5 Å². The minimum atomic E-state index is -0.0760. The van der Waals surface area contributed by atoms with Crippen molar-refractivity contribution in [3.63, 3.8) is 0 Å². The average molecular weight is 264 g/mol. The fraction of sp³-hybridized carbons (Fsp3) is 0.417. The summed E-state index contributed by atoms with van der Waals surface area (Å²) in [6, 6.07) is 0. The number of thiazole rings is 1. The second-order valence-corrected chi connectivity index (χ2v) is 5.06. The summed E-state index contributed by atoms with van der Waals surface area (Å²) in [6.45, 7) is 5.35. The van der Waals surface area contributed by atoms with Gasteiger partial charge in [-0.15, -0.1) is 11.3 Å². The maximum atomic E-state index is 11.8. The molecule has 0 aliphatic rings. The number of hydrogen-bond acceptors (Lipinski definition) is 5. The zero-order valence-electron chi connectivity index (χ0n) is 10.5. The quantitative estimate of drug-likeness (QED) is 0.852. The normalized spacial score (nSPS) is 10.8. The molecule has 0 atom stereocenters. The molecule has 0 radical (unpaired) electrons. The van der Waals surface area contributed by atoms with E-state index in [4.69, 9.17) is 0 Å². The van der Waals surface area contributed by atoms with E-state index < -0.39 is 0 Å². The summed E-state index contributed by atoms with van der Waals surface area (Å²) >= 11 is 1.60. The zero-order valence-corrected chi connectivity index (χ0v) is 11.3. The summed E-state index contributed by atoms with van der Waals surface area (Å²) < 4.78 is 0. The van der Waals surface area contributed by atoms with Crippen LogP contribution in [0.3, 0.4) is 0 Å². The van der Waals surface area contributed by atoms with Gasteiger partial charge in [-0.25, -0.2) is 9.97 Å². The fourth-order valence-electron chi connectivity index (χ4n) is 1.59. The third-order valence-electron chi connectivity index (χ3n) is 2.51. The van der Waals surface area contributed by atoms with Gasteiger partial charge in [-0.2, -0.15) is 0 Å². The lowest BCUT2D eigenvalue weighted by Crippen LogP contribution is -2.22. The molecular weight excluding hydrogens is 248 g/mol. The maximum absolute atomic E-state index is 11.8. The predicted molar refractivity (Wildman–Crippen MR) is 71.9 cm³/mol. The van der Waals surface area contributed by atoms with E-state index in [-0.39, 0.29) is 5.56 Å². The summed E-state index contributed by atoms with van der Waals surface area (Å²) in [5, 5.41) is 6.12. The zero-order chi connectivity index (χ0) is 13.0. The number of nitrogens with one attached hydrogen (secondary N) is 2. The second kappa shape index (κ2) is 5.88. The summed E-state index contributed by atoms with van der Waals surface area (Å²) in [5.41, 5.74) is 1.53. The van der Waals surface area contributed by atoms with Gasteiger partial charge in [0.05, 0.1) is 10.7 Å². The SMILES string of the molecule is CCNCc1cnc(Cc2csc(C)n2)[nH]c1=O. The molecule has 2 N–H and O–H groups in total. The molecule has 0 aromatic carbocycles. The van der Waals surface area contributed by atoms with Crippen LogP contribution in [0.1, 0.15) is 29.0 Å². The number of nitrogens with zero attached hydrogens (tertiary/aromatic N) is 2. The van der Waals surface area contributed by atoms with Gasteiger partial charge in [0.2, 0.25) is 0 Å². The fourth-order valence-corrected chi connectivity index (χ4v) is 2.21. The highest BCUT2D eigenvalue weighted by atomic mass is 32.1. The Hall–Kier alpha value is -1.53. The molecule has 5 nitrogen and oxygen atoms in total. The van der Waals surface area contributed by atoms with Gasteiger partial charge in [0.25, 0.3) is 5.56 Å². The van der Waals surface area contributed by atoms with Gasteiger partial charge >= 0.3 is 0 Å². The largest absolute Gasteiger partial charge is 0.313 e. The van der Waals surface area contributed by atoms with E-state index in [9.17, 15) is 4.79 Å². The molecule has 2 aromatic rings. The van der Waals surface area contributed by atoms with E-state index in [0.29, 0.717) is 24.4 Å². The first-order valence-electron chi connectivity index (χ1n) is 5.88. The van der Waals surface area contributed by atoms with Crippen LogP contribution in [0.25, 0.3) is 0 Å². The van der Waals surface area contributed by atoms with Gasteiger partial charge in [-0.1, -0.05) is 6.92 Å². The van der Waals surface area contributed by atoms with Crippen molar-refractivity contribution in [2.75, 3.05) is 6.54 Å². The highest BCUT2D eigenvalue weighted by Crippen LogP contribution is 2.10. The molecule has 0 saturated heterocycles. The van der Waals surface area contributed by atoms with E-state index in [0.717, 1.165) is 17.2 Å².